The van der Waals surface area contributed by atoms with E-state index in [0.717, 1.165) is 11.1 Å². The summed E-state index contributed by atoms with van der Waals surface area (Å²) in [7, 11) is 0. The summed E-state index contributed by atoms with van der Waals surface area (Å²) in [4.78, 5) is 37.8. The summed E-state index contributed by atoms with van der Waals surface area (Å²) in [6.07, 6.45) is 3.18. The number of halogens is 1. The van der Waals surface area contributed by atoms with E-state index >= 15 is 0 Å². The highest BCUT2D eigenvalue weighted by Gasteiger charge is 2.45. The average Bonchev–Trinajstić information content (AvgIpc) is 3.39. The Bertz CT molecular complexity index is 1480. The number of carbonyl (C=O) groups is 2. The van der Waals surface area contributed by atoms with Crippen LogP contribution in [-0.4, -0.2) is 26.8 Å². The van der Waals surface area contributed by atoms with E-state index in [0.29, 0.717) is 31.9 Å². The summed E-state index contributed by atoms with van der Waals surface area (Å²) in [6.45, 7) is 3.60. The van der Waals surface area contributed by atoms with E-state index in [1.165, 1.54) is 16.2 Å². The van der Waals surface area contributed by atoms with Crippen molar-refractivity contribution in [3.05, 3.63) is 111 Å². The highest BCUT2D eigenvalue weighted by Crippen LogP contribution is 2.44. The monoisotopic (exact) mass is 501 g/mol. The number of aliphatic hydroxyl groups excluding tert-OH is 1. The smallest absolute Gasteiger partial charge is 0.294 e. The minimum Gasteiger partial charge on any atom is -0.503 e. The molecule has 8 heteroatoms. The lowest BCUT2D eigenvalue weighted by Crippen LogP contribution is -2.31. The molecule has 1 amide bonds. The van der Waals surface area contributed by atoms with Crippen LogP contribution in [0.3, 0.4) is 0 Å². The fraction of sp³-hybridized carbons (Fsp3) is 0.111. The van der Waals surface area contributed by atoms with Crippen LogP contribution in [0, 0.1) is 13.8 Å². The van der Waals surface area contributed by atoms with Crippen LogP contribution in [0.1, 0.15) is 32.5 Å². The zero-order valence-electron chi connectivity index (χ0n) is 18.9. The molecule has 4 aromatic rings. The summed E-state index contributed by atoms with van der Waals surface area (Å²) < 4.78 is 0. The molecule has 1 atom stereocenters. The summed E-state index contributed by atoms with van der Waals surface area (Å²) in [6, 6.07) is 17.4. The molecular formula is C27H20ClN3O3S. The molecule has 0 aliphatic carbocycles. The van der Waals surface area contributed by atoms with E-state index in [1.807, 2.05) is 37.3 Å². The Morgan fingerprint density at radius 3 is 2.49 bits per heavy atom. The lowest BCUT2D eigenvalue weighted by atomic mass is 9.95. The van der Waals surface area contributed by atoms with Crippen LogP contribution in [0.15, 0.2) is 84.4 Å². The van der Waals surface area contributed by atoms with Crippen LogP contribution in [0.2, 0.25) is 5.02 Å². The third kappa shape index (κ3) is 4.03. The van der Waals surface area contributed by atoms with Gasteiger partial charge in [-0.3, -0.25) is 19.5 Å². The van der Waals surface area contributed by atoms with Gasteiger partial charge < -0.3 is 5.11 Å². The summed E-state index contributed by atoms with van der Waals surface area (Å²) in [5, 5.41) is 12.2. The highest BCUT2D eigenvalue weighted by atomic mass is 35.5. The van der Waals surface area contributed by atoms with Gasteiger partial charge in [0.2, 0.25) is 5.78 Å². The number of Topliss-reactive ketones (excluding diaryl/α,β-unsaturated/α-hetero) is 1. The Balaban J connectivity index is 1.65. The van der Waals surface area contributed by atoms with Gasteiger partial charge in [0.05, 0.1) is 22.2 Å². The number of hydrogen-bond donors (Lipinski definition) is 1. The molecule has 1 aliphatic rings. The first-order chi connectivity index (χ1) is 16.9. The van der Waals surface area contributed by atoms with E-state index in [4.69, 9.17) is 11.6 Å². The van der Waals surface area contributed by atoms with Crippen molar-refractivity contribution in [2.75, 3.05) is 4.90 Å². The molecule has 2 aromatic carbocycles. The maximum absolute atomic E-state index is 13.9. The number of aliphatic hydroxyl groups is 1. The first-order valence-electron chi connectivity index (χ1n) is 10.9. The van der Waals surface area contributed by atoms with E-state index < -0.39 is 23.5 Å². The number of carbonyl (C=O) groups excluding carboxylic acids is 2. The van der Waals surface area contributed by atoms with Crippen molar-refractivity contribution in [2.45, 2.75) is 19.9 Å². The minimum atomic E-state index is -0.850. The molecule has 0 saturated carbocycles. The molecular weight excluding hydrogens is 482 g/mol. The fourth-order valence-corrected chi connectivity index (χ4v) is 5.41. The van der Waals surface area contributed by atoms with Gasteiger partial charge in [-0.25, -0.2) is 4.98 Å². The number of aryl methyl sites for hydroxylation is 2. The predicted molar refractivity (Wildman–Crippen MR) is 137 cm³/mol. The maximum atomic E-state index is 13.9. The Morgan fingerprint density at radius 2 is 1.77 bits per heavy atom. The Morgan fingerprint density at radius 1 is 1.06 bits per heavy atom. The number of nitrogens with zero attached hydrogens (tertiary/aromatic N) is 3. The maximum Gasteiger partial charge on any atom is 0.294 e. The second-order valence-corrected chi connectivity index (χ2v) is 9.62. The van der Waals surface area contributed by atoms with Crippen molar-refractivity contribution < 1.29 is 14.7 Å². The Labute approximate surface area is 211 Å². The summed E-state index contributed by atoms with van der Waals surface area (Å²) >= 11 is 7.49. The van der Waals surface area contributed by atoms with Crippen LogP contribution < -0.4 is 4.90 Å². The molecule has 2 aromatic heterocycles. The SMILES string of the molecule is Cc1ccc(Cl)cc1N1C(=O)C(O)=C(C(=O)c2sc(-c3ccccc3)nc2C)C1c1ccncc1. The van der Waals surface area contributed by atoms with Crippen LogP contribution >= 0.6 is 22.9 Å². The Kier molecular flexibility index (Phi) is 5.96. The molecule has 6 nitrogen and oxygen atoms in total. The molecule has 0 fully saturated rings. The number of benzene rings is 2. The molecule has 174 valence electrons. The van der Waals surface area contributed by atoms with Crippen LogP contribution in [-0.2, 0) is 4.79 Å². The van der Waals surface area contributed by atoms with Crippen molar-refractivity contribution in [2.24, 2.45) is 0 Å². The van der Waals surface area contributed by atoms with E-state index in [-0.39, 0.29) is 5.57 Å². The number of amides is 1. The minimum absolute atomic E-state index is 0.00642. The molecule has 5 rings (SSSR count). The first kappa shape index (κ1) is 23.0. The Hall–Kier alpha value is -3.81. The standard InChI is InChI=1S/C27H20ClN3O3S/c1-15-8-9-19(28)14-20(15)31-22(17-10-12-29-13-11-17)21(24(33)27(31)34)23(32)25-16(2)30-26(35-25)18-6-4-3-5-7-18/h3-14,22,33H,1-2H3. The van der Waals surface area contributed by atoms with Gasteiger partial charge in [-0.1, -0.05) is 48.0 Å². The van der Waals surface area contributed by atoms with Crippen molar-refractivity contribution in [1.29, 1.82) is 0 Å². The molecule has 0 spiro atoms. The van der Waals surface area contributed by atoms with Crippen molar-refractivity contribution in [3.63, 3.8) is 0 Å². The lowest BCUT2D eigenvalue weighted by Gasteiger charge is -2.28. The van der Waals surface area contributed by atoms with Crippen LogP contribution in [0.5, 0.6) is 0 Å². The summed E-state index contributed by atoms with van der Waals surface area (Å²) in [5.74, 6) is -1.67. The van der Waals surface area contributed by atoms with Gasteiger partial charge in [-0.05, 0) is 49.2 Å². The van der Waals surface area contributed by atoms with Gasteiger partial charge in [0.15, 0.2) is 5.76 Å². The van der Waals surface area contributed by atoms with E-state index in [2.05, 4.69) is 9.97 Å². The normalized spacial score (nSPS) is 15.7. The van der Waals surface area contributed by atoms with E-state index in [9.17, 15) is 14.7 Å². The van der Waals surface area contributed by atoms with Gasteiger partial charge >= 0.3 is 0 Å². The third-order valence-corrected chi connectivity index (χ3v) is 7.37. The molecule has 1 N–H and O–H groups in total. The summed E-state index contributed by atoms with van der Waals surface area (Å²) in [5.41, 5.74) is 3.38. The molecule has 0 bridgehead atoms. The second-order valence-electron chi connectivity index (χ2n) is 8.18. The van der Waals surface area contributed by atoms with Gasteiger partial charge in [-0.15, -0.1) is 11.3 Å². The molecule has 0 radical (unpaired) electrons. The van der Waals surface area contributed by atoms with Crippen molar-refractivity contribution >= 4 is 40.3 Å². The highest BCUT2D eigenvalue weighted by molar-refractivity contribution is 7.17. The molecule has 0 saturated heterocycles. The topological polar surface area (TPSA) is 83.4 Å². The van der Waals surface area contributed by atoms with Crippen molar-refractivity contribution in [3.8, 4) is 10.6 Å². The average molecular weight is 502 g/mol. The lowest BCUT2D eigenvalue weighted by molar-refractivity contribution is -0.117. The molecule has 3 heterocycles. The number of anilines is 1. The number of hydrogen-bond acceptors (Lipinski definition) is 6. The van der Waals surface area contributed by atoms with Gasteiger partial charge in [0.1, 0.15) is 5.01 Å². The van der Waals surface area contributed by atoms with Crippen molar-refractivity contribution in [1.82, 2.24) is 9.97 Å². The third-order valence-electron chi connectivity index (χ3n) is 5.93. The largest absolute Gasteiger partial charge is 0.503 e. The number of aromatic nitrogens is 2. The van der Waals surface area contributed by atoms with E-state index in [1.54, 1.807) is 49.6 Å². The molecule has 1 aliphatic heterocycles. The number of rotatable bonds is 5. The van der Waals surface area contributed by atoms with Crippen LogP contribution in [0.25, 0.3) is 10.6 Å². The first-order valence-corrected chi connectivity index (χ1v) is 12.1. The quantitative estimate of drug-likeness (QED) is 0.326. The second kappa shape index (κ2) is 9.09. The number of ketones is 1. The number of thiazole rings is 1. The predicted octanol–water partition coefficient (Wildman–Crippen LogP) is 6.26. The van der Waals surface area contributed by atoms with Gasteiger partial charge in [0, 0.05) is 28.7 Å². The zero-order chi connectivity index (χ0) is 24.7. The van der Waals surface area contributed by atoms with Gasteiger partial charge in [0.25, 0.3) is 5.91 Å². The molecule has 35 heavy (non-hydrogen) atoms. The number of pyridine rings is 1. The van der Waals surface area contributed by atoms with Gasteiger partial charge in [-0.2, -0.15) is 0 Å². The fourth-order valence-electron chi connectivity index (χ4n) is 4.22. The van der Waals surface area contributed by atoms with Crippen LogP contribution in [0.4, 0.5) is 5.69 Å². The molecule has 1 unspecified atom stereocenters. The zero-order valence-corrected chi connectivity index (χ0v) is 20.5.